The van der Waals surface area contributed by atoms with Crippen LogP contribution in [0.2, 0.25) is 5.02 Å². The summed E-state index contributed by atoms with van der Waals surface area (Å²) in [5.41, 5.74) is 5.32. The zero-order valence-electron chi connectivity index (χ0n) is 7.58. The predicted octanol–water partition coefficient (Wildman–Crippen LogP) is 1.14. The van der Waals surface area contributed by atoms with Crippen molar-refractivity contribution in [2.24, 2.45) is 5.73 Å². The Labute approximate surface area is 90.1 Å². The molecule has 1 atom stereocenters. The minimum Gasteiger partial charge on any atom is -0.506 e. The molecule has 15 heavy (non-hydrogen) atoms. The van der Waals surface area contributed by atoms with Crippen molar-refractivity contribution < 1.29 is 19.4 Å². The van der Waals surface area contributed by atoms with Crippen LogP contribution in [0, 0.1) is 5.82 Å². The molecule has 1 aromatic rings. The summed E-state index contributed by atoms with van der Waals surface area (Å²) in [5.74, 6) is -2.21. The van der Waals surface area contributed by atoms with Crippen molar-refractivity contribution in [1.29, 1.82) is 0 Å². The van der Waals surface area contributed by atoms with Crippen molar-refractivity contribution in [3.8, 4) is 5.75 Å². The number of rotatable bonds is 3. The SMILES string of the molecule is NC(Cc1cc(F)cc(Cl)c1O)C(=O)O. The number of benzene rings is 1. The Morgan fingerprint density at radius 1 is 1.60 bits per heavy atom. The first-order chi connectivity index (χ1) is 6.91. The summed E-state index contributed by atoms with van der Waals surface area (Å²) in [7, 11) is 0. The smallest absolute Gasteiger partial charge is 0.320 e. The topological polar surface area (TPSA) is 83.5 Å². The molecule has 0 spiro atoms. The molecule has 6 heteroatoms. The fraction of sp³-hybridized carbons (Fsp3) is 0.222. The monoisotopic (exact) mass is 233 g/mol. The number of carbonyl (C=O) groups is 1. The normalized spacial score (nSPS) is 12.5. The second-order valence-electron chi connectivity index (χ2n) is 3.04. The van der Waals surface area contributed by atoms with Crippen LogP contribution >= 0.6 is 11.6 Å². The van der Waals surface area contributed by atoms with E-state index in [0.717, 1.165) is 12.1 Å². The van der Waals surface area contributed by atoms with Gasteiger partial charge in [-0.2, -0.15) is 0 Å². The van der Waals surface area contributed by atoms with Gasteiger partial charge in [0.15, 0.2) is 0 Å². The maximum atomic E-state index is 12.9. The lowest BCUT2D eigenvalue weighted by Gasteiger charge is -2.09. The Kier molecular flexibility index (Phi) is 3.49. The molecule has 1 rings (SSSR count). The lowest BCUT2D eigenvalue weighted by atomic mass is 10.1. The Balaban J connectivity index is 2.99. The van der Waals surface area contributed by atoms with Crippen LogP contribution in [0.3, 0.4) is 0 Å². The van der Waals surface area contributed by atoms with Crippen molar-refractivity contribution >= 4 is 17.6 Å². The van der Waals surface area contributed by atoms with Gasteiger partial charge in [0, 0.05) is 12.0 Å². The number of phenols is 1. The quantitative estimate of drug-likeness (QED) is 0.731. The largest absolute Gasteiger partial charge is 0.506 e. The van der Waals surface area contributed by atoms with E-state index in [2.05, 4.69) is 0 Å². The molecule has 0 saturated heterocycles. The molecule has 82 valence electrons. The second kappa shape index (κ2) is 4.46. The van der Waals surface area contributed by atoms with Crippen LogP contribution in [0.5, 0.6) is 5.75 Å². The molecule has 0 aliphatic rings. The Morgan fingerprint density at radius 3 is 2.73 bits per heavy atom. The number of nitrogens with two attached hydrogens (primary N) is 1. The summed E-state index contributed by atoms with van der Waals surface area (Å²) in [4.78, 5) is 10.5. The van der Waals surface area contributed by atoms with Crippen molar-refractivity contribution in [3.63, 3.8) is 0 Å². The van der Waals surface area contributed by atoms with Crippen LogP contribution in [0.1, 0.15) is 5.56 Å². The fourth-order valence-corrected chi connectivity index (χ4v) is 1.32. The molecule has 0 aromatic heterocycles. The van der Waals surface area contributed by atoms with Gasteiger partial charge in [-0.05, 0) is 12.1 Å². The average Bonchev–Trinajstić information content (AvgIpc) is 2.13. The van der Waals surface area contributed by atoms with E-state index < -0.39 is 17.8 Å². The zero-order valence-corrected chi connectivity index (χ0v) is 8.33. The number of carboxylic acid groups (broad SMARTS) is 1. The fourth-order valence-electron chi connectivity index (χ4n) is 1.10. The van der Waals surface area contributed by atoms with Crippen molar-refractivity contribution in [3.05, 3.63) is 28.5 Å². The summed E-state index contributed by atoms with van der Waals surface area (Å²) >= 11 is 5.50. The highest BCUT2D eigenvalue weighted by molar-refractivity contribution is 6.32. The van der Waals surface area contributed by atoms with Gasteiger partial charge in [-0.1, -0.05) is 11.6 Å². The van der Waals surface area contributed by atoms with Gasteiger partial charge in [-0.25, -0.2) is 4.39 Å². The highest BCUT2D eigenvalue weighted by Crippen LogP contribution is 2.29. The van der Waals surface area contributed by atoms with Crippen LogP contribution in [0.15, 0.2) is 12.1 Å². The van der Waals surface area contributed by atoms with E-state index in [-0.39, 0.29) is 22.8 Å². The molecule has 1 unspecified atom stereocenters. The van der Waals surface area contributed by atoms with Crippen LogP contribution in [0.4, 0.5) is 4.39 Å². The van der Waals surface area contributed by atoms with E-state index in [9.17, 15) is 14.3 Å². The van der Waals surface area contributed by atoms with E-state index in [0.29, 0.717) is 0 Å². The van der Waals surface area contributed by atoms with Gasteiger partial charge in [0.05, 0.1) is 5.02 Å². The van der Waals surface area contributed by atoms with Gasteiger partial charge in [-0.15, -0.1) is 0 Å². The van der Waals surface area contributed by atoms with Crippen LogP contribution in [-0.4, -0.2) is 22.2 Å². The average molecular weight is 234 g/mol. The molecule has 0 saturated carbocycles. The van der Waals surface area contributed by atoms with Crippen molar-refractivity contribution in [2.75, 3.05) is 0 Å². The number of aliphatic carboxylic acids is 1. The van der Waals surface area contributed by atoms with Gasteiger partial charge in [0.1, 0.15) is 17.6 Å². The maximum absolute atomic E-state index is 12.9. The van der Waals surface area contributed by atoms with E-state index >= 15 is 0 Å². The van der Waals surface area contributed by atoms with Crippen LogP contribution < -0.4 is 5.73 Å². The molecule has 0 radical (unpaired) electrons. The summed E-state index contributed by atoms with van der Waals surface area (Å²) in [6.07, 6.45) is -0.182. The molecule has 0 bridgehead atoms. The first-order valence-electron chi connectivity index (χ1n) is 4.07. The van der Waals surface area contributed by atoms with Gasteiger partial charge >= 0.3 is 5.97 Å². The van der Waals surface area contributed by atoms with E-state index in [1.165, 1.54) is 0 Å². The Hall–Kier alpha value is -1.33. The zero-order chi connectivity index (χ0) is 11.6. The summed E-state index contributed by atoms with van der Waals surface area (Å²) in [6.45, 7) is 0. The summed E-state index contributed by atoms with van der Waals surface area (Å²) in [5, 5.41) is 17.8. The number of carboxylic acids is 1. The summed E-state index contributed by atoms with van der Waals surface area (Å²) < 4.78 is 12.9. The highest BCUT2D eigenvalue weighted by Gasteiger charge is 2.16. The third-order valence-corrected chi connectivity index (χ3v) is 2.15. The van der Waals surface area contributed by atoms with Gasteiger partial charge in [-0.3, -0.25) is 4.79 Å². The van der Waals surface area contributed by atoms with Crippen molar-refractivity contribution in [1.82, 2.24) is 0 Å². The molecule has 0 fully saturated rings. The lowest BCUT2D eigenvalue weighted by molar-refractivity contribution is -0.138. The first kappa shape index (κ1) is 11.7. The molecule has 4 N–H and O–H groups in total. The van der Waals surface area contributed by atoms with Crippen LogP contribution in [-0.2, 0) is 11.2 Å². The number of hydrogen-bond acceptors (Lipinski definition) is 3. The minimum absolute atomic E-state index is 0.0786. The molecule has 0 aliphatic carbocycles. The number of aromatic hydroxyl groups is 1. The predicted molar refractivity (Wildman–Crippen MR) is 52.4 cm³/mol. The standard InChI is InChI=1S/C9H9ClFNO3/c10-6-3-5(11)1-4(8(6)13)2-7(12)9(14)15/h1,3,7,13H,2,12H2,(H,14,15). The maximum Gasteiger partial charge on any atom is 0.320 e. The third-order valence-electron chi connectivity index (χ3n) is 1.86. The minimum atomic E-state index is -1.23. The summed E-state index contributed by atoms with van der Waals surface area (Å²) in [6, 6.07) is 0.741. The van der Waals surface area contributed by atoms with E-state index in [1.54, 1.807) is 0 Å². The first-order valence-corrected chi connectivity index (χ1v) is 4.45. The number of phenolic OH excluding ortho intramolecular Hbond substituents is 1. The molecule has 0 heterocycles. The number of hydrogen-bond donors (Lipinski definition) is 3. The number of halogens is 2. The highest BCUT2D eigenvalue weighted by atomic mass is 35.5. The molecule has 4 nitrogen and oxygen atoms in total. The van der Waals surface area contributed by atoms with E-state index in [4.69, 9.17) is 22.4 Å². The Morgan fingerprint density at radius 2 is 2.20 bits per heavy atom. The lowest BCUT2D eigenvalue weighted by Crippen LogP contribution is -2.32. The second-order valence-corrected chi connectivity index (χ2v) is 3.45. The van der Waals surface area contributed by atoms with E-state index in [1.807, 2.05) is 0 Å². The van der Waals surface area contributed by atoms with Gasteiger partial charge in [0.2, 0.25) is 0 Å². The molecule has 0 amide bonds. The van der Waals surface area contributed by atoms with Gasteiger partial charge < -0.3 is 15.9 Å². The van der Waals surface area contributed by atoms with Gasteiger partial charge in [0.25, 0.3) is 0 Å². The Bertz CT molecular complexity index is 397. The molecule has 0 aliphatic heterocycles. The van der Waals surface area contributed by atoms with Crippen LogP contribution in [0.25, 0.3) is 0 Å². The molecular formula is C9H9ClFNO3. The third kappa shape index (κ3) is 2.81. The molecular weight excluding hydrogens is 225 g/mol. The molecule has 1 aromatic carbocycles. The van der Waals surface area contributed by atoms with Crippen molar-refractivity contribution in [2.45, 2.75) is 12.5 Å².